The minimum absolute atomic E-state index is 0.00370. The van der Waals surface area contributed by atoms with Crippen LogP contribution in [0.25, 0.3) is 0 Å². The molecule has 0 saturated heterocycles. The maximum atomic E-state index is 12.2. The van der Waals surface area contributed by atoms with Gasteiger partial charge in [0.15, 0.2) is 0 Å². The Kier molecular flexibility index (Phi) is 6.67. The van der Waals surface area contributed by atoms with Gasteiger partial charge in [0.05, 0.1) is 26.7 Å². The fourth-order valence-corrected chi connectivity index (χ4v) is 2.43. The number of likely N-dealkylation sites (N-methyl/N-ethyl adjacent to an activating group) is 1. The normalized spacial score (nSPS) is 10.9. The van der Waals surface area contributed by atoms with Crippen LogP contribution in [0.2, 0.25) is 0 Å². The van der Waals surface area contributed by atoms with Crippen LogP contribution in [0.4, 0.5) is 0 Å². The standard InChI is InChI=1S/C14H22N2O3S/c1-11(2)16(10-14(18)19-4)9-13(17)15(3)8-12-6-5-7-20-12/h5-7,11H,8-10H2,1-4H3. The SMILES string of the molecule is COC(=O)CN(CC(=O)N(C)Cc1cccs1)C(C)C. The van der Waals surface area contributed by atoms with E-state index in [9.17, 15) is 9.59 Å². The Bertz CT molecular complexity index is 432. The molecule has 0 aliphatic heterocycles. The van der Waals surface area contributed by atoms with Crippen molar-refractivity contribution in [3.8, 4) is 0 Å². The van der Waals surface area contributed by atoms with Crippen LogP contribution in [0.1, 0.15) is 18.7 Å². The zero-order valence-corrected chi connectivity index (χ0v) is 13.3. The number of hydrogen-bond acceptors (Lipinski definition) is 5. The van der Waals surface area contributed by atoms with E-state index in [0.29, 0.717) is 6.54 Å². The van der Waals surface area contributed by atoms with Crippen molar-refractivity contribution < 1.29 is 14.3 Å². The van der Waals surface area contributed by atoms with E-state index < -0.39 is 0 Å². The molecule has 5 nitrogen and oxygen atoms in total. The van der Waals surface area contributed by atoms with Crippen molar-refractivity contribution in [2.24, 2.45) is 0 Å². The van der Waals surface area contributed by atoms with Crippen LogP contribution in [-0.4, -0.2) is 55.0 Å². The summed E-state index contributed by atoms with van der Waals surface area (Å²) in [6.45, 7) is 4.85. The first-order valence-electron chi connectivity index (χ1n) is 6.51. The predicted octanol–water partition coefficient (Wildman–Crippen LogP) is 1.59. The molecule has 0 saturated carbocycles. The molecule has 0 bridgehead atoms. The number of methoxy groups -OCH3 is 1. The third kappa shape index (κ3) is 5.30. The van der Waals surface area contributed by atoms with E-state index in [1.54, 1.807) is 28.2 Å². The van der Waals surface area contributed by atoms with Gasteiger partial charge < -0.3 is 9.64 Å². The highest BCUT2D eigenvalue weighted by atomic mass is 32.1. The summed E-state index contributed by atoms with van der Waals surface area (Å²) in [6, 6.07) is 4.08. The molecular formula is C14H22N2O3S. The maximum Gasteiger partial charge on any atom is 0.319 e. The van der Waals surface area contributed by atoms with E-state index in [2.05, 4.69) is 4.74 Å². The minimum atomic E-state index is -0.326. The number of ether oxygens (including phenoxy) is 1. The van der Waals surface area contributed by atoms with Gasteiger partial charge >= 0.3 is 5.97 Å². The lowest BCUT2D eigenvalue weighted by atomic mass is 10.3. The number of amides is 1. The molecule has 0 unspecified atom stereocenters. The Morgan fingerprint density at radius 1 is 1.35 bits per heavy atom. The number of carbonyl (C=O) groups is 2. The van der Waals surface area contributed by atoms with Crippen LogP contribution >= 0.6 is 11.3 Å². The first kappa shape index (κ1) is 16.7. The summed E-state index contributed by atoms with van der Waals surface area (Å²) < 4.78 is 4.65. The fourth-order valence-electron chi connectivity index (χ4n) is 1.67. The van der Waals surface area contributed by atoms with E-state index >= 15 is 0 Å². The van der Waals surface area contributed by atoms with Gasteiger partial charge in [-0.05, 0) is 25.3 Å². The number of esters is 1. The highest BCUT2D eigenvalue weighted by molar-refractivity contribution is 7.09. The van der Waals surface area contributed by atoms with Gasteiger partial charge in [0.1, 0.15) is 0 Å². The molecule has 0 aliphatic carbocycles. The monoisotopic (exact) mass is 298 g/mol. The Morgan fingerprint density at radius 3 is 2.55 bits per heavy atom. The predicted molar refractivity (Wildman–Crippen MR) is 79.5 cm³/mol. The summed E-state index contributed by atoms with van der Waals surface area (Å²) in [7, 11) is 3.13. The Morgan fingerprint density at radius 2 is 2.05 bits per heavy atom. The Labute approximate surface area is 124 Å². The smallest absolute Gasteiger partial charge is 0.319 e. The van der Waals surface area contributed by atoms with Gasteiger partial charge in [-0.3, -0.25) is 14.5 Å². The zero-order chi connectivity index (χ0) is 15.1. The first-order valence-corrected chi connectivity index (χ1v) is 7.39. The molecule has 0 radical (unpaired) electrons. The summed E-state index contributed by atoms with van der Waals surface area (Å²) in [5.41, 5.74) is 0. The summed E-state index contributed by atoms with van der Waals surface area (Å²) in [6.07, 6.45) is 0. The summed E-state index contributed by atoms with van der Waals surface area (Å²) in [5.74, 6) is -0.330. The molecule has 1 aromatic heterocycles. The second-order valence-electron chi connectivity index (χ2n) is 4.90. The molecule has 1 rings (SSSR count). The summed E-state index contributed by atoms with van der Waals surface area (Å²) in [5, 5.41) is 1.99. The van der Waals surface area contributed by atoms with Gasteiger partial charge in [-0.25, -0.2) is 0 Å². The van der Waals surface area contributed by atoms with Crippen LogP contribution in [0.5, 0.6) is 0 Å². The lowest BCUT2D eigenvalue weighted by molar-refractivity contribution is -0.143. The summed E-state index contributed by atoms with van der Waals surface area (Å²) >= 11 is 1.63. The second-order valence-corrected chi connectivity index (χ2v) is 5.94. The first-order chi connectivity index (χ1) is 9.43. The molecule has 20 heavy (non-hydrogen) atoms. The third-order valence-electron chi connectivity index (χ3n) is 3.03. The van der Waals surface area contributed by atoms with Crippen molar-refractivity contribution in [3.05, 3.63) is 22.4 Å². The second kappa shape index (κ2) is 8.01. The van der Waals surface area contributed by atoms with Crippen molar-refractivity contribution in [2.45, 2.75) is 26.4 Å². The van der Waals surface area contributed by atoms with E-state index in [1.165, 1.54) is 7.11 Å². The largest absolute Gasteiger partial charge is 0.468 e. The van der Waals surface area contributed by atoms with E-state index in [0.717, 1.165) is 4.88 Å². The number of nitrogens with zero attached hydrogens (tertiary/aromatic N) is 2. The third-order valence-corrected chi connectivity index (χ3v) is 3.89. The van der Waals surface area contributed by atoms with Gasteiger partial charge in [-0.15, -0.1) is 11.3 Å². The molecule has 1 amide bonds. The molecule has 0 spiro atoms. The van der Waals surface area contributed by atoms with Gasteiger partial charge in [-0.2, -0.15) is 0 Å². The average Bonchev–Trinajstić information content (AvgIpc) is 2.90. The number of thiophene rings is 1. The Balaban J connectivity index is 2.54. The molecule has 0 N–H and O–H groups in total. The van der Waals surface area contributed by atoms with Crippen LogP contribution in [0.3, 0.4) is 0 Å². The van der Waals surface area contributed by atoms with Crippen LogP contribution in [0.15, 0.2) is 17.5 Å². The molecule has 0 fully saturated rings. The number of carbonyl (C=O) groups excluding carboxylic acids is 2. The highest BCUT2D eigenvalue weighted by Gasteiger charge is 2.20. The quantitative estimate of drug-likeness (QED) is 0.717. The van der Waals surface area contributed by atoms with Crippen molar-refractivity contribution in [3.63, 3.8) is 0 Å². The van der Waals surface area contributed by atoms with Gasteiger partial charge in [0.2, 0.25) is 5.91 Å². The highest BCUT2D eigenvalue weighted by Crippen LogP contribution is 2.11. The molecule has 112 valence electrons. The number of hydrogen-bond donors (Lipinski definition) is 0. The van der Waals surface area contributed by atoms with Gasteiger partial charge in [0.25, 0.3) is 0 Å². The van der Waals surface area contributed by atoms with E-state index in [-0.39, 0.29) is 31.0 Å². The average molecular weight is 298 g/mol. The fraction of sp³-hybridized carbons (Fsp3) is 0.571. The van der Waals surface area contributed by atoms with Gasteiger partial charge in [-0.1, -0.05) is 6.07 Å². The van der Waals surface area contributed by atoms with Crippen LogP contribution in [0, 0.1) is 0 Å². The van der Waals surface area contributed by atoms with Gasteiger partial charge in [0, 0.05) is 18.0 Å². The summed E-state index contributed by atoms with van der Waals surface area (Å²) in [4.78, 5) is 28.2. The van der Waals surface area contributed by atoms with Crippen LogP contribution in [-0.2, 0) is 20.9 Å². The molecule has 6 heteroatoms. The zero-order valence-electron chi connectivity index (χ0n) is 12.5. The molecule has 0 aliphatic rings. The van der Waals surface area contributed by atoms with Crippen molar-refractivity contribution in [1.82, 2.24) is 9.80 Å². The van der Waals surface area contributed by atoms with Crippen molar-refractivity contribution in [1.29, 1.82) is 0 Å². The molecule has 1 heterocycles. The van der Waals surface area contributed by atoms with Crippen molar-refractivity contribution >= 4 is 23.2 Å². The van der Waals surface area contributed by atoms with E-state index in [1.807, 2.05) is 31.4 Å². The molecular weight excluding hydrogens is 276 g/mol. The van der Waals surface area contributed by atoms with Crippen LogP contribution < -0.4 is 0 Å². The molecule has 0 atom stereocenters. The topological polar surface area (TPSA) is 49.9 Å². The lowest BCUT2D eigenvalue weighted by Crippen LogP contribution is -2.43. The Hall–Kier alpha value is -1.40. The van der Waals surface area contributed by atoms with E-state index in [4.69, 9.17) is 0 Å². The lowest BCUT2D eigenvalue weighted by Gasteiger charge is -2.27. The maximum absolute atomic E-state index is 12.2. The molecule has 1 aromatic rings. The minimum Gasteiger partial charge on any atom is -0.468 e. The number of rotatable bonds is 7. The van der Waals surface area contributed by atoms with Crippen molar-refractivity contribution in [2.75, 3.05) is 27.2 Å². The molecule has 0 aromatic carbocycles.